The van der Waals surface area contributed by atoms with Gasteiger partial charge in [0.25, 0.3) is 5.56 Å². The van der Waals surface area contributed by atoms with Crippen LogP contribution in [0.1, 0.15) is 16.7 Å². The van der Waals surface area contributed by atoms with Gasteiger partial charge in [-0.15, -0.1) is 0 Å². The number of aromatic nitrogens is 2. The maximum atomic E-state index is 13.2. The third-order valence-corrected chi connectivity index (χ3v) is 4.97. The minimum atomic E-state index is -0.417. The highest BCUT2D eigenvalue weighted by Crippen LogP contribution is 2.11. The van der Waals surface area contributed by atoms with Gasteiger partial charge in [0.15, 0.2) is 0 Å². The van der Waals surface area contributed by atoms with Crippen LogP contribution < -0.4 is 11.2 Å². The molecule has 0 N–H and O–H groups in total. The lowest BCUT2D eigenvalue weighted by atomic mass is 10.1. The number of aryl methyl sites for hydroxylation is 1. The summed E-state index contributed by atoms with van der Waals surface area (Å²) in [6.45, 7) is 0.0750. The molecule has 0 spiro atoms. The third-order valence-electron chi connectivity index (χ3n) is 4.97. The Hall–Kier alpha value is -3.91. The van der Waals surface area contributed by atoms with Crippen molar-refractivity contribution in [3.63, 3.8) is 0 Å². The minimum absolute atomic E-state index is 0.0750. The number of nitrogens with zero attached hydrogens (tertiary/aromatic N) is 2. The molecule has 0 aliphatic carbocycles. The summed E-state index contributed by atoms with van der Waals surface area (Å²) in [5.41, 5.74) is 2.25. The van der Waals surface area contributed by atoms with E-state index >= 15 is 0 Å². The van der Waals surface area contributed by atoms with Gasteiger partial charge in [-0.2, -0.15) is 0 Å². The first-order valence-electron chi connectivity index (χ1n) is 9.54. The first kappa shape index (κ1) is 19.4. The fraction of sp³-hybridized carbons (Fsp3) is 0.120. The summed E-state index contributed by atoms with van der Waals surface area (Å²) in [6.07, 6.45) is 0.612. The SMILES string of the molecule is Cn1c(=O)n(Cc2ccc(F)cc2)c(=O)c2cc(C#CCc3ccccc3)ccc21. The van der Waals surface area contributed by atoms with Crippen molar-refractivity contribution < 1.29 is 4.39 Å². The molecule has 30 heavy (non-hydrogen) atoms. The second-order valence-corrected chi connectivity index (χ2v) is 7.06. The third kappa shape index (κ3) is 3.94. The molecule has 148 valence electrons. The molecule has 5 heteroatoms. The Morgan fingerprint density at radius 3 is 2.37 bits per heavy atom. The largest absolute Gasteiger partial charge is 0.331 e. The monoisotopic (exact) mass is 398 g/mol. The van der Waals surface area contributed by atoms with Crippen molar-refractivity contribution in [2.24, 2.45) is 7.05 Å². The topological polar surface area (TPSA) is 44.0 Å². The van der Waals surface area contributed by atoms with Gasteiger partial charge >= 0.3 is 5.69 Å². The second kappa shape index (κ2) is 8.22. The normalized spacial score (nSPS) is 10.6. The molecule has 4 rings (SSSR count). The Morgan fingerprint density at radius 1 is 0.900 bits per heavy atom. The summed E-state index contributed by atoms with van der Waals surface area (Å²) < 4.78 is 15.8. The van der Waals surface area contributed by atoms with E-state index < -0.39 is 5.69 Å². The number of halogens is 1. The molecular formula is C25H19FN2O2. The van der Waals surface area contributed by atoms with Crippen LogP contribution in [0.4, 0.5) is 4.39 Å². The van der Waals surface area contributed by atoms with E-state index in [1.54, 1.807) is 31.3 Å². The van der Waals surface area contributed by atoms with Crippen molar-refractivity contribution in [2.75, 3.05) is 0 Å². The molecule has 3 aromatic carbocycles. The molecular weight excluding hydrogens is 379 g/mol. The molecule has 0 unspecified atom stereocenters. The van der Waals surface area contributed by atoms with Crippen molar-refractivity contribution in [2.45, 2.75) is 13.0 Å². The Labute approximate surface area is 172 Å². The molecule has 0 saturated heterocycles. The van der Waals surface area contributed by atoms with E-state index in [-0.39, 0.29) is 17.9 Å². The second-order valence-electron chi connectivity index (χ2n) is 7.06. The van der Waals surface area contributed by atoms with Crippen molar-refractivity contribution >= 4 is 10.9 Å². The van der Waals surface area contributed by atoms with Gasteiger partial charge in [0.2, 0.25) is 0 Å². The lowest BCUT2D eigenvalue weighted by molar-refractivity contribution is 0.623. The first-order chi connectivity index (χ1) is 14.5. The number of hydrogen-bond acceptors (Lipinski definition) is 2. The van der Waals surface area contributed by atoms with Crippen LogP contribution >= 0.6 is 0 Å². The summed E-state index contributed by atoms with van der Waals surface area (Å²) >= 11 is 0. The first-order valence-corrected chi connectivity index (χ1v) is 9.54. The summed E-state index contributed by atoms with van der Waals surface area (Å²) in [5, 5.41) is 0.422. The quantitative estimate of drug-likeness (QED) is 0.496. The number of rotatable bonds is 3. The van der Waals surface area contributed by atoms with Crippen LogP contribution in [-0.2, 0) is 20.0 Å². The Morgan fingerprint density at radius 2 is 1.63 bits per heavy atom. The van der Waals surface area contributed by atoms with Crippen molar-refractivity contribution in [3.05, 3.63) is 116 Å². The van der Waals surface area contributed by atoms with Crippen molar-refractivity contribution in [1.82, 2.24) is 9.13 Å². The van der Waals surface area contributed by atoms with Gasteiger partial charge in [0, 0.05) is 19.0 Å². The van der Waals surface area contributed by atoms with Gasteiger partial charge in [-0.1, -0.05) is 54.3 Å². The summed E-state index contributed by atoms with van der Waals surface area (Å²) in [5.74, 6) is 5.86. The van der Waals surface area contributed by atoms with E-state index in [2.05, 4.69) is 11.8 Å². The van der Waals surface area contributed by atoms with E-state index in [0.717, 1.165) is 10.1 Å². The zero-order valence-corrected chi connectivity index (χ0v) is 16.4. The fourth-order valence-electron chi connectivity index (χ4n) is 3.35. The zero-order chi connectivity index (χ0) is 21.1. The molecule has 0 fully saturated rings. The molecule has 1 heterocycles. The van der Waals surface area contributed by atoms with Crippen LogP contribution in [0, 0.1) is 17.7 Å². The lowest BCUT2D eigenvalue weighted by Crippen LogP contribution is -2.39. The molecule has 0 aliphatic rings. The van der Waals surface area contributed by atoms with Gasteiger partial charge in [-0.25, -0.2) is 9.18 Å². The summed E-state index contributed by atoms with van der Waals surface area (Å²) in [6, 6.07) is 21.0. The summed E-state index contributed by atoms with van der Waals surface area (Å²) in [4.78, 5) is 25.8. The van der Waals surface area contributed by atoms with Gasteiger partial charge in [-0.3, -0.25) is 13.9 Å². The molecule has 0 saturated carbocycles. The molecule has 0 aliphatic heterocycles. The number of benzene rings is 3. The van der Waals surface area contributed by atoms with Gasteiger partial charge in [0.1, 0.15) is 5.82 Å². The fourth-order valence-corrected chi connectivity index (χ4v) is 3.35. The van der Waals surface area contributed by atoms with Gasteiger partial charge in [0.05, 0.1) is 17.4 Å². The van der Waals surface area contributed by atoms with E-state index in [1.165, 1.54) is 16.7 Å². The van der Waals surface area contributed by atoms with Crippen LogP contribution in [0.5, 0.6) is 0 Å². The molecule has 0 bridgehead atoms. The smallest absolute Gasteiger partial charge is 0.296 e. The standard InChI is InChI=1S/C25H19FN2O2/c1-27-23-15-12-19(9-5-8-18-6-3-2-4-7-18)16-22(23)24(29)28(25(27)30)17-20-10-13-21(26)14-11-20/h2-4,6-7,10-16H,8,17H2,1H3. The Bertz CT molecular complexity index is 1390. The Kier molecular flexibility index (Phi) is 5.32. The van der Waals surface area contributed by atoms with Crippen LogP contribution in [0.3, 0.4) is 0 Å². The van der Waals surface area contributed by atoms with Gasteiger partial charge < -0.3 is 0 Å². The zero-order valence-electron chi connectivity index (χ0n) is 16.4. The lowest BCUT2D eigenvalue weighted by Gasteiger charge is -2.11. The maximum absolute atomic E-state index is 13.2. The molecule has 1 aromatic heterocycles. The average molecular weight is 398 g/mol. The van der Waals surface area contributed by atoms with E-state index in [1.807, 2.05) is 36.4 Å². The van der Waals surface area contributed by atoms with Crippen molar-refractivity contribution in [1.29, 1.82) is 0 Å². The highest BCUT2D eigenvalue weighted by atomic mass is 19.1. The van der Waals surface area contributed by atoms with Gasteiger partial charge in [-0.05, 0) is 41.5 Å². The van der Waals surface area contributed by atoms with Crippen LogP contribution in [-0.4, -0.2) is 9.13 Å². The predicted molar refractivity (Wildman–Crippen MR) is 116 cm³/mol. The molecule has 0 amide bonds. The maximum Gasteiger partial charge on any atom is 0.331 e. The van der Waals surface area contributed by atoms with Crippen LogP contribution in [0.15, 0.2) is 82.4 Å². The van der Waals surface area contributed by atoms with E-state index in [9.17, 15) is 14.0 Å². The predicted octanol–water partition coefficient (Wildman–Crippen LogP) is 3.48. The van der Waals surface area contributed by atoms with Crippen LogP contribution in [0.25, 0.3) is 10.9 Å². The average Bonchev–Trinajstić information content (AvgIpc) is 2.77. The number of hydrogen-bond donors (Lipinski definition) is 0. The molecule has 0 radical (unpaired) electrons. The minimum Gasteiger partial charge on any atom is -0.296 e. The van der Waals surface area contributed by atoms with E-state index in [0.29, 0.717) is 28.5 Å². The van der Waals surface area contributed by atoms with Crippen molar-refractivity contribution in [3.8, 4) is 11.8 Å². The summed E-state index contributed by atoms with van der Waals surface area (Å²) in [7, 11) is 1.63. The van der Waals surface area contributed by atoms with Crippen LogP contribution in [0.2, 0.25) is 0 Å². The Balaban J connectivity index is 1.73. The van der Waals surface area contributed by atoms with E-state index in [4.69, 9.17) is 0 Å². The highest BCUT2D eigenvalue weighted by molar-refractivity contribution is 5.79. The molecule has 4 nitrogen and oxygen atoms in total. The highest BCUT2D eigenvalue weighted by Gasteiger charge is 2.12. The number of fused-ring (bicyclic) bond motifs is 1. The molecule has 4 aromatic rings. The molecule has 0 atom stereocenters.